The summed E-state index contributed by atoms with van der Waals surface area (Å²) in [5, 5.41) is 9.37. The molecule has 0 aromatic heterocycles. The first-order valence-electron chi connectivity index (χ1n) is 7.08. The average Bonchev–Trinajstić information content (AvgIpc) is 2.47. The number of hydrogen-bond donors (Lipinski definition) is 1. The van der Waals surface area contributed by atoms with E-state index < -0.39 is 11.4 Å². The molecule has 1 aliphatic heterocycles. The predicted octanol–water partition coefficient (Wildman–Crippen LogP) is 2.71. The number of nitrogens with zero attached hydrogens (tertiary/aromatic N) is 1. The number of carbonyl (C=O) groups is 2. The summed E-state index contributed by atoms with van der Waals surface area (Å²) < 4.78 is 0. The highest BCUT2D eigenvalue weighted by Gasteiger charge is 2.40. The molecule has 1 aromatic rings. The molecule has 0 bridgehead atoms. The molecule has 0 aliphatic carbocycles. The van der Waals surface area contributed by atoms with Crippen LogP contribution < -0.4 is 0 Å². The number of aliphatic carboxylic acids is 1. The maximum atomic E-state index is 12.5. The van der Waals surface area contributed by atoms with Crippen molar-refractivity contribution >= 4 is 11.9 Å². The number of rotatable bonds is 3. The summed E-state index contributed by atoms with van der Waals surface area (Å²) in [6, 6.07) is 7.52. The maximum absolute atomic E-state index is 12.5. The molecule has 2 rings (SSSR count). The Hall–Kier alpha value is -1.84. The molecule has 1 heterocycles. The Morgan fingerprint density at radius 3 is 2.35 bits per heavy atom. The third-order valence-electron chi connectivity index (χ3n) is 4.51. The molecule has 0 saturated carbocycles. The van der Waals surface area contributed by atoms with Crippen molar-refractivity contribution in [2.75, 3.05) is 13.1 Å². The van der Waals surface area contributed by atoms with E-state index >= 15 is 0 Å². The molecule has 0 radical (unpaired) electrons. The summed E-state index contributed by atoms with van der Waals surface area (Å²) in [5.41, 5.74) is 1.03. The number of carboxylic acids is 1. The van der Waals surface area contributed by atoms with Crippen LogP contribution in [-0.4, -0.2) is 35.0 Å². The second-order valence-electron chi connectivity index (χ2n) is 5.55. The van der Waals surface area contributed by atoms with Crippen LogP contribution in [0.5, 0.6) is 0 Å². The molecule has 0 unspecified atom stereocenters. The normalized spacial score (nSPS) is 17.8. The molecule has 20 heavy (non-hydrogen) atoms. The molecule has 1 aromatic carbocycles. The third kappa shape index (κ3) is 2.55. The third-order valence-corrected chi connectivity index (χ3v) is 4.51. The molecule has 4 heteroatoms. The fourth-order valence-corrected chi connectivity index (χ4v) is 2.84. The zero-order chi connectivity index (χ0) is 14.8. The zero-order valence-electron chi connectivity index (χ0n) is 12.1. The molecule has 0 atom stereocenters. The summed E-state index contributed by atoms with van der Waals surface area (Å²) in [4.78, 5) is 25.6. The summed E-state index contributed by atoms with van der Waals surface area (Å²) in [6.07, 6.45) is 1.70. The lowest BCUT2D eigenvalue weighted by Gasteiger charge is -2.38. The van der Waals surface area contributed by atoms with E-state index in [9.17, 15) is 14.7 Å². The van der Waals surface area contributed by atoms with Crippen LogP contribution in [0.4, 0.5) is 0 Å². The van der Waals surface area contributed by atoms with Crippen LogP contribution in [0, 0.1) is 12.3 Å². The first kappa shape index (κ1) is 14.6. The van der Waals surface area contributed by atoms with Gasteiger partial charge in [0.25, 0.3) is 5.91 Å². The first-order chi connectivity index (χ1) is 9.50. The Morgan fingerprint density at radius 1 is 1.25 bits per heavy atom. The standard InChI is InChI=1S/C16H21NO3/c1-3-16(15(19)20)8-10-17(11-9-16)14(18)13-7-5-4-6-12(13)2/h4-7H,3,8-11H2,1-2H3,(H,19,20). The average molecular weight is 275 g/mol. The van der Waals surface area contributed by atoms with Crippen LogP contribution in [0.15, 0.2) is 24.3 Å². The number of hydrogen-bond acceptors (Lipinski definition) is 2. The second kappa shape index (κ2) is 5.65. The van der Waals surface area contributed by atoms with E-state index in [1.54, 1.807) is 4.90 Å². The predicted molar refractivity (Wildman–Crippen MR) is 76.7 cm³/mol. The van der Waals surface area contributed by atoms with E-state index in [-0.39, 0.29) is 5.91 Å². The van der Waals surface area contributed by atoms with Gasteiger partial charge in [-0.15, -0.1) is 0 Å². The largest absolute Gasteiger partial charge is 0.481 e. The second-order valence-corrected chi connectivity index (χ2v) is 5.55. The van der Waals surface area contributed by atoms with Gasteiger partial charge in [0.2, 0.25) is 0 Å². The summed E-state index contributed by atoms with van der Waals surface area (Å²) in [7, 11) is 0. The Balaban J connectivity index is 2.10. The van der Waals surface area contributed by atoms with Crippen molar-refractivity contribution in [1.82, 2.24) is 4.90 Å². The fourth-order valence-electron chi connectivity index (χ4n) is 2.84. The van der Waals surface area contributed by atoms with Crippen molar-refractivity contribution in [3.63, 3.8) is 0 Å². The van der Waals surface area contributed by atoms with Crippen molar-refractivity contribution in [2.24, 2.45) is 5.41 Å². The number of likely N-dealkylation sites (tertiary alicyclic amines) is 1. The molecule has 1 aliphatic rings. The Bertz CT molecular complexity index is 516. The van der Waals surface area contributed by atoms with Gasteiger partial charge in [0.05, 0.1) is 5.41 Å². The van der Waals surface area contributed by atoms with E-state index in [4.69, 9.17) is 0 Å². The van der Waals surface area contributed by atoms with Crippen LogP contribution in [0.1, 0.15) is 42.1 Å². The van der Waals surface area contributed by atoms with Gasteiger partial charge in [0.15, 0.2) is 0 Å². The Kier molecular flexibility index (Phi) is 4.12. The quantitative estimate of drug-likeness (QED) is 0.922. The highest BCUT2D eigenvalue weighted by atomic mass is 16.4. The van der Waals surface area contributed by atoms with Gasteiger partial charge >= 0.3 is 5.97 Å². The van der Waals surface area contributed by atoms with Gasteiger partial charge in [-0.05, 0) is 37.8 Å². The van der Waals surface area contributed by atoms with Crippen molar-refractivity contribution in [3.05, 3.63) is 35.4 Å². The highest BCUT2D eigenvalue weighted by molar-refractivity contribution is 5.95. The van der Waals surface area contributed by atoms with Gasteiger partial charge in [0.1, 0.15) is 0 Å². The van der Waals surface area contributed by atoms with Gasteiger partial charge < -0.3 is 10.0 Å². The number of carbonyl (C=O) groups excluding carboxylic acids is 1. The van der Waals surface area contributed by atoms with Gasteiger partial charge in [0, 0.05) is 18.7 Å². The van der Waals surface area contributed by atoms with Crippen LogP contribution in [-0.2, 0) is 4.79 Å². The molecule has 1 N–H and O–H groups in total. The highest BCUT2D eigenvalue weighted by Crippen LogP contribution is 2.35. The minimum atomic E-state index is -0.733. The minimum Gasteiger partial charge on any atom is -0.481 e. The van der Waals surface area contributed by atoms with Crippen LogP contribution in [0.2, 0.25) is 0 Å². The monoisotopic (exact) mass is 275 g/mol. The van der Waals surface area contributed by atoms with Crippen molar-refractivity contribution in [2.45, 2.75) is 33.1 Å². The molecular formula is C16H21NO3. The Labute approximate surface area is 119 Å². The van der Waals surface area contributed by atoms with Gasteiger partial charge in [-0.2, -0.15) is 0 Å². The van der Waals surface area contributed by atoms with Crippen LogP contribution in [0.25, 0.3) is 0 Å². The van der Waals surface area contributed by atoms with Crippen molar-refractivity contribution in [1.29, 1.82) is 0 Å². The summed E-state index contributed by atoms with van der Waals surface area (Å²) >= 11 is 0. The molecule has 1 fully saturated rings. The number of carboxylic acid groups (broad SMARTS) is 1. The van der Waals surface area contributed by atoms with E-state index in [1.807, 2.05) is 38.1 Å². The first-order valence-corrected chi connectivity index (χ1v) is 7.08. The van der Waals surface area contributed by atoms with Crippen molar-refractivity contribution < 1.29 is 14.7 Å². The lowest BCUT2D eigenvalue weighted by atomic mass is 9.76. The van der Waals surface area contributed by atoms with E-state index in [2.05, 4.69) is 0 Å². The van der Waals surface area contributed by atoms with Gasteiger partial charge in [-0.3, -0.25) is 9.59 Å². The number of piperidine rings is 1. The van der Waals surface area contributed by atoms with Gasteiger partial charge in [-0.1, -0.05) is 25.1 Å². The van der Waals surface area contributed by atoms with Crippen molar-refractivity contribution in [3.8, 4) is 0 Å². The SMILES string of the molecule is CCC1(C(=O)O)CCN(C(=O)c2ccccc2C)CC1. The van der Waals surface area contributed by atoms with Crippen LogP contribution in [0.3, 0.4) is 0 Å². The van der Waals surface area contributed by atoms with Crippen LogP contribution >= 0.6 is 0 Å². The summed E-state index contributed by atoms with van der Waals surface area (Å²) in [5.74, 6) is -0.721. The topological polar surface area (TPSA) is 57.6 Å². The Morgan fingerprint density at radius 2 is 1.85 bits per heavy atom. The molecule has 1 saturated heterocycles. The fraction of sp³-hybridized carbons (Fsp3) is 0.500. The van der Waals surface area contributed by atoms with E-state index in [0.29, 0.717) is 37.9 Å². The van der Waals surface area contributed by atoms with Gasteiger partial charge in [-0.25, -0.2) is 0 Å². The minimum absolute atomic E-state index is 0.0122. The summed E-state index contributed by atoms with van der Waals surface area (Å²) in [6.45, 7) is 4.87. The van der Waals surface area contributed by atoms with E-state index in [0.717, 1.165) is 5.56 Å². The molecular weight excluding hydrogens is 254 g/mol. The smallest absolute Gasteiger partial charge is 0.309 e. The van der Waals surface area contributed by atoms with E-state index in [1.165, 1.54) is 0 Å². The zero-order valence-corrected chi connectivity index (χ0v) is 12.1. The molecule has 4 nitrogen and oxygen atoms in total. The molecule has 108 valence electrons. The number of aryl methyl sites for hydroxylation is 1. The maximum Gasteiger partial charge on any atom is 0.309 e. The lowest BCUT2D eigenvalue weighted by molar-refractivity contribution is -0.152. The molecule has 0 spiro atoms. The number of benzene rings is 1. The number of amides is 1. The lowest BCUT2D eigenvalue weighted by Crippen LogP contribution is -2.46. The molecule has 1 amide bonds.